The number of hydrogen-bond donors (Lipinski definition) is 3. The van der Waals surface area contributed by atoms with Crippen molar-refractivity contribution in [2.24, 2.45) is 5.92 Å². The van der Waals surface area contributed by atoms with Gasteiger partial charge >= 0.3 is 0 Å². The van der Waals surface area contributed by atoms with Gasteiger partial charge in [-0.1, -0.05) is 0 Å². The van der Waals surface area contributed by atoms with Crippen molar-refractivity contribution in [3.05, 3.63) is 28.6 Å². The van der Waals surface area contributed by atoms with Crippen LogP contribution in [0, 0.1) is 5.92 Å². The highest BCUT2D eigenvalue weighted by molar-refractivity contribution is 5.81. The van der Waals surface area contributed by atoms with Gasteiger partial charge in [-0.15, -0.1) is 0 Å². The lowest BCUT2D eigenvalue weighted by Gasteiger charge is -2.19. The van der Waals surface area contributed by atoms with Crippen molar-refractivity contribution >= 4 is 22.5 Å². The van der Waals surface area contributed by atoms with Crippen LogP contribution in [0.4, 0.5) is 11.6 Å². The Morgan fingerprint density at radius 2 is 2.19 bits per heavy atom. The number of anilines is 2. The zero-order valence-corrected chi connectivity index (χ0v) is 11.6. The van der Waals surface area contributed by atoms with Gasteiger partial charge in [0.05, 0.1) is 23.0 Å². The zero-order valence-electron chi connectivity index (χ0n) is 11.6. The maximum absolute atomic E-state index is 12.1. The van der Waals surface area contributed by atoms with Gasteiger partial charge in [-0.05, 0) is 43.4 Å². The van der Waals surface area contributed by atoms with E-state index < -0.39 is 0 Å². The van der Waals surface area contributed by atoms with Crippen LogP contribution in [0.5, 0.6) is 0 Å². The molecule has 1 aromatic heterocycles. The van der Waals surface area contributed by atoms with Crippen LogP contribution in [-0.4, -0.2) is 28.7 Å². The van der Waals surface area contributed by atoms with Crippen LogP contribution in [0.1, 0.15) is 19.3 Å². The van der Waals surface area contributed by atoms with E-state index in [1.54, 1.807) is 18.2 Å². The number of rotatable bonds is 3. The SMILES string of the molecule is Nc1ccc2nc(NC3CCOC3C3CC3)[nH]c(=O)c2c1. The highest BCUT2D eigenvalue weighted by Gasteiger charge is 2.40. The van der Waals surface area contributed by atoms with Crippen molar-refractivity contribution < 1.29 is 4.74 Å². The summed E-state index contributed by atoms with van der Waals surface area (Å²) in [5, 5.41) is 3.85. The lowest BCUT2D eigenvalue weighted by Crippen LogP contribution is -2.32. The molecule has 2 heterocycles. The average molecular weight is 286 g/mol. The van der Waals surface area contributed by atoms with Crippen LogP contribution in [0.2, 0.25) is 0 Å². The molecule has 110 valence electrons. The second kappa shape index (κ2) is 4.73. The number of nitrogens with two attached hydrogens (primary N) is 1. The Hall–Kier alpha value is -2.08. The summed E-state index contributed by atoms with van der Waals surface area (Å²) in [6, 6.07) is 5.40. The fraction of sp³-hybridized carbons (Fsp3) is 0.467. The second-order valence-corrected chi connectivity index (χ2v) is 5.90. The van der Waals surface area contributed by atoms with E-state index in [0.29, 0.717) is 28.5 Å². The van der Waals surface area contributed by atoms with Gasteiger partial charge < -0.3 is 15.8 Å². The minimum Gasteiger partial charge on any atom is -0.399 e. The van der Waals surface area contributed by atoms with Gasteiger partial charge in [-0.3, -0.25) is 9.78 Å². The Bertz CT molecular complexity index is 738. The number of fused-ring (bicyclic) bond motifs is 1. The van der Waals surface area contributed by atoms with Gasteiger partial charge in [-0.25, -0.2) is 4.98 Å². The molecule has 4 rings (SSSR count). The Morgan fingerprint density at radius 1 is 1.33 bits per heavy atom. The van der Waals surface area contributed by atoms with Crippen LogP contribution < -0.4 is 16.6 Å². The Balaban J connectivity index is 1.64. The topological polar surface area (TPSA) is 93.0 Å². The second-order valence-electron chi connectivity index (χ2n) is 5.90. The first-order chi connectivity index (χ1) is 10.2. The summed E-state index contributed by atoms with van der Waals surface area (Å²) in [6.45, 7) is 0.771. The predicted molar refractivity (Wildman–Crippen MR) is 81.3 cm³/mol. The van der Waals surface area contributed by atoms with Crippen molar-refractivity contribution in [2.75, 3.05) is 17.7 Å². The quantitative estimate of drug-likeness (QED) is 0.743. The molecule has 1 saturated carbocycles. The lowest BCUT2D eigenvalue weighted by molar-refractivity contribution is 0.0897. The smallest absolute Gasteiger partial charge is 0.260 e. The van der Waals surface area contributed by atoms with Gasteiger partial charge in [0.1, 0.15) is 0 Å². The molecule has 0 bridgehead atoms. The molecule has 1 aromatic carbocycles. The number of aromatic nitrogens is 2. The first kappa shape index (κ1) is 12.6. The maximum Gasteiger partial charge on any atom is 0.260 e. The van der Waals surface area contributed by atoms with Gasteiger partial charge in [0.25, 0.3) is 5.56 Å². The summed E-state index contributed by atoms with van der Waals surface area (Å²) in [4.78, 5) is 19.4. The molecule has 2 unspecified atom stereocenters. The summed E-state index contributed by atoms with van der Waals surface area (Å²) >= 11 is 0. The molecule has 6 heteroatoms. The van der Waals surface area contributed by atoms with Crippen LogP contribution >= 0.6 is 0 Å². The third-order valence-electron chi connectivity index (χ3n) is 4.27. The Labute approximate surface area is 121 Å². The Morgan fingerprint density at radius 3 is 3.00 bits per heavy atom. The molecule has 0 amide bonds. The molecule has 1 aliphatic heterocycles. The van der Waals surface area contributed by atoms with E-state index in [1.165, 1.54) is 12.8 Å². The summed E-state index contributed by atoms with van der Waals surface area (Å²) in [6.07, 6.45) is 3.68. The molecule has 2 aliphatic rings. The van der Waals surface area contributed by atoms with Gasteiger partial charge in [-0.2, -0.15) is 0 Å². The summed E-state index contributed by atoms with van der Waals surface area (Å²) in [7, 11) is 0. The first-order valence-electron chi connectivity index (χ1n) is 7.38. The van der Waals surface area contributed by atoms with Crippen molar-refractivity contribution in [2.45, 2.75) is 31.4 Å². The molecular weight excluding hydrogens is 268 g/mol. The molecule has 1 saturated heterocycles. The number of hydrogen-bond acceptors (Lipinski definition) is 5. The summed E-state index contributed by atoms with van der Waals surface area (Å²) < 4.78 is 5.80. The highest BCUT2D eigenvalue weighted by Crippen LogP contribution is 2.39. The van der Waals surface area contributed by atoms with Crippen LogP contribution in [0.15, 0.2) is 23.0 Å². The van der Waals surface area contributed by atoms with E-state index in [1.807, 2.05) is 0 Å². The molecule has 2 fully saturated rings. The third-order valence-corrected chi connectivity index (χ3v) is 4.27. The van der Waals surface area contributed by atoms with E-state index in [9.17, 15) is 4.79 Å². The van der Waals surface area contributed by atoms with Crippen molar-refractivity contribution in [1.82, 2.24) is 9.97 Å². The molecule has 2 aromatic rings. The Kier molecular flexibility index (Phi) is 2.85. The third kappa shape index (κ3) is 2.35. The normalized spacial score (nSPS) is 25.3. The number of nitrogens with one attached hydrogen (secondary N) is 2. The summed E-state index contributed by atoms with van der Waals surface area (Å²) in [5.74, 6) is 1.18. The minimum absolute atomic E-state index is 0.170. The summed E-state index contributed by atoms with van der Waals surface area (Å²) in [5.41, 5.74) is 6.75. The number of H-pyrrole nitrogens is 1. The molecule has 21 heavy (non-hydrogen) atoms. The molecule has 0 radical (unpaired) electrons. The van der Waals surface area contributed by atoms with Gasteiger partial charge in [0.15, 0.2) is 0 Å². The molecule has 2 atom stereocenters. The van der Waals surface area contributed by atoms with E-state index >= 15 is 0 Å². The van der Waals surface area contributed by atoms with Crippen LogP contribution in [0.3, 0.4) is 0 Å². The molecular formula is C15H18N4O2. The maximum atomic E-state index is 12.1. The standard InChI is InChI=1S/C15H18N4O2/c16-9-3-4-11-10(7-9)14(20)19-15(17-11)18-12-5-6-21-13(12)8-1-2-8/h3-4,7-8,12-13H,1-2,5-6,16H2,(H2,17,18,19,20). The van der Waals surface area contributed by atoms with Gasteiger partial charge in [0, 0.05) is 12.3 Å². The van der Waals surface area contributed by atoms with Crippen molar-refractivity contribution in [1.29, 1.82) is 0 Å². The largest absolute Gasteiger partial charge is 0.399 e. The monoisotopic (exact) mass is 286 g/mol. The molecule has 1 aliphatic carbocycles. The van der Waals surface area contributed by atoms with Crippen LogP contribution in [0.25, 0.3) is 10.9 Å². The number of nitrogen functional groups attached to an aromatic ring is 1. The number of aromatic amines is 1. The first-order valence-corrected chi connectivity index (χ1v) is 7.38. The number of ether oxygens (including phenoxy) is 1. The number of benzene rings is 1. The molecule has 6 nitrogen and oxygen atoms in total. The van der Waals surface area contributed by atoms with E-state index in [0.717, 1.165) is 13.0 Å². The number of nitrogens with zero attached hydrogens (tertiary/aromatic N) is 1. The van der Waals surface area contributed by atoms with Gasteiger partial charge in [0.2, 0.25) is 5.95 Å². The van der Waals surface area contributed by atoms with Crippen molar-refractivity contribution in [3.8, 4) is 0 Å². The van der Waals surface area contributed by atoms with E-state index in [4.69, 9.17) is 10.5 Å². The van der Waals surface area contributed by atoms with Crippen LogP contribution in [-0.2, 0) is 4.74 Å². The highest BCUT2D eigenvalue weighted by atomic mass is 16.5. The van der Waals surface area contributed by atoms with Crippen molar-refractivity contribution in [3.63, 3.8) is 0 Å². The molecule has 0 spiro atoms. The fourth-order valence-corrected chi connectivity index (χ4v) is 3.06. The zero-order chi connectivity index (χ0) is 14.4. The minimum atomic E-state index is -0.170. The van der Waals surface area contributed by atoms with E-state index in [-0.39, 0.29) is 17.7 Å². The molecule has 4 N–H and O–H groups in total. The predicted octanol–water partition coefficient (Wildman–Crippen LogP) is 1.48. The lowest BCUT2D eigenvalue weighted by atomic mass is 10.1. The average Bonchev–Trinajstić information content (AvgIpc) is 3.20. The fourth-order valence-electron chi connectivity index (χ4n) is 3.06. The van der Waals surface area contributed by atoms with E-state index in [2.05, 4.69) is 15.3 Å².